The molecule has 1 amide bonds. The molecule has 0 aliphatic rings. The molecule has 0 radical (unpaired) electrons. The third kappa shape index (κ3) is 7.82. The Labute approximate surface area is 122 Å². The predicted molar refractivity (Wildman–Crippen MR) is 82.6 cm³/mol. The lowest BCUT2D eigenvalue weighted by atomic mass is 10.1. The van der Waals surface area contributed by atoms with Gasteiger partial charge in [-0.2, -0.15) is 0 Å². The van der Waals surface area contributed by atoms with Crippen molar-refractivity contribution in [2.24, 2.45) is 0 Å². The molecule has 1 N–H and O–H groups in total. The molecule has 0 heterocycles. The van der Waals surface area contributed by atoms with E-state index in [4.69, 9.17) is 4.74 Å². The van der Waals surface area contributed by atoms with Crippen LogP contribution >= 0.6 is 0 Å². The summed E-state index contributed by atoms with van der Waals surface area (Å²) in [5.74, 6) is 0. The third-order valence-electron chi connectivity index (χ3n) is 3.32. The SMILES string of the molecule is CCCCCCCC(C)NC(=O)OCc1ccccc1. The number of benzene rings is 1. The Bertz CT molecular complexity index is 365. The zero-order chi connectivity index (χ0) is 14.6. The Balaban J connectivity index is 2.09. The molecule has 0 saturated heterocycles. The van der Waals surface area contributed by atoms with Crippen LogP contribution in [0.25, 0.3) is 0 Å². The Kier molecular flexibility index (Phi) is 8.52. The lowest BCUT2D eigenvalue weighted by molar-refractivity contribution is 0.136. The molecule has 1 aromatic rings. The maximum atomic E-state index is 11.6. The maximum absolute atomic E-state index is 11.6. The molecule has 20 heavy (non-hydrogen) atoms. The summed E-state index contributed by atoms with van der Waals surface area (Å²) >= 11 is 0. The van der Waals surface area contributed by atoms with Crippen LogP contribution in [0.3, 0.4) is 0 Å². The van der Waals surface area contributed by atoms with Gasteiger partial charge in [0.15, 0.2) is 0 Å². The fourth-order valence-corrected chi connectivity index (χ4v) is 2.09. The average Bonchev–Trinajstić information content (AvgIpc) is 2.46. The molecule has 1 rings (SSSR count). The van der Waals surface area contributed by atoms with Crippen molar-refractivity contribution in [1.82, 2.24) is 5.32 Å². The monoisotopic (exact) mass is 277 g/mol. The van der Waals surface area contributed by atoms with Gasteiger partial charge in [-0.1, -0.05) is 69.4 Å². The predicted octanol–water partition coefficient (Wildman–Crippen LogP) is 4.66. The van der Waals surface area contributed by atoms with Crippen molar-refractivity contribution in [2.75, 3.05) is 0 Å². The number of amides is 1. The Hall–Kier alpha value is -1.51. The molecule has 0 saturated carbocycles. The van der Waals surface area contributed by atoms with Crippen molar-refractivity contribution in [3.63, 3.8) is 0 Å². The van der Waals surface area contributed by atoms with E-state index >= 15 is 0 Å². The van der Waals surface area contributed by atoms with E-state index in [0.29, 0.717) is 6.61 Å². The number of nitrogens with one attached hydrogen (secondary N) is 1. The molecular weight excluding hydrogens is 250 g/mol. The summed E-state index contributed by atoms with van der Waals surface area (Å²) in [7, 11) is 0. The van der Waals surface area contributed by atoms with Gasteiger partial charge in [-0.25, -0.2) is 4.79 Å². The van der Waals surface area contributed by atoms with Gasteiger partial charge in [-0.05, 0) is 18.9 Å². The molecule has 0 aliphatic heterocycles. The first-order valence-corrected chi connectivity index (χ1v) is 7.69. The lowest BCUT2D eigenvalue weighted by Gasteiger charge is -2.13. The van der Waals surface area contributed by atoms with Gasteiger partial charge in [-0.15, -0.1) is 0 Å². The van der Waals surface area contributed by atoms with Crippen LogP contribution in [-0.4, -0.2) is 12.1 Å². The van der Waals surface area contributed by atoms with Crippen LogP contribution < -0.4 is 5.32 Å². The first kappa shape index (κ1) is 16.5. The molecule has 1 atom stereocenters. The van der Waals surface area contributed by atoms with Crippen molar-refractivity contribution in [3.05, 3.63) is 35.9 Å². The van der Waals surface area contributed by atoms with Crippen molar-refractivity contribution in [1.29, 1.82) is 0 Å². The standard InChI is InChI=1S/C17H27NO2/c1-3-4-5-6-8-11-15(2)18-17(19)20-14-16-12-9-7-10-13-16/h7,9-10,12-13,15H,3-6,8,11,14H2,1-2H3,(H,18,19). The molecule has 1 unspecified atom stereocenters. The second-order valence-electron chi connectivity index (χ2n) is 5.31. The molecule has 3 heteroatoms. The fraction of sp³-hybridized carbons (Fsp3) is 0.588. The van der Waals surface area contributed by atoms with Gasteiger partial charge in [0, 0.05) is 6.04 Å². The van der Waals surface area contributed by atoms with E-state index in [-0.39, 0.29) is 12.1 Å². The van der Waals surface area contributed by atoms with Gasteiger partial charge in [0.05, 0.1) is 0 Å². The lowest BCUT2D eigenvalue weighted by Crippen LogP contribution is -2.32. The molecule has 0 spiro atoms. The summed E-state index contributed by atoms with van der Waals surface area (Å²) in [6.07, 6.45) is 6.97. The molecule has 0 fully saturated rings. The Morgan fingerprint density at radius 3 is 2.55 bits per heavy atom. The van der Waals surface area contributed by atoms with Crippen LogP contribution in [-0.2, 0) is 11.3 Å². The average molecular weight is 277 g/mol. The van der Waals surface area contributed by atoms with E-state index in [2.05, 4.69) is 12.2 Å². The number of ether oxygens (including phenoxy) is 1. The highest BCUT2D eigenvalue weighted by Gasteiger charge is 2.08. The summed E-state index contributed by atoms with van der Waals surface area (Å²) in [6.45, 7) is 4.58. The molecule has 112 valence electrons. The van der Waals surface area contributed by atoms with Crippen LogP contribution in [0, 0.1) is 0 Å². The topological polar surface area (TPSA) is 38.3 Å². The van der Waals surface area contributed by atoms with Crippen molar-refractivity contribution in [2.45, 2.75) is 65.0 Å². The van der Waals surface area contributed by atoms with Crippen LogP contribution in [0.5, 0.6) is 0 Å². The summed E-state index contributed by atoms with van der Waals surface area (Å²) in [5.41, 5.74) is 1.01. The zero-order valence-electron chi connectivity index (χ0n) is 12.7. The van der Waals surface area contributed by atoms with Crippen LogP contribution in [0.4, 0.5) is 4.79 Å². The first-order chi connectivity index (χ1) is 9.72. The summed E-state index contributed by atoms with van der Waals surface area (Å²) < 4.78 is 5.19. The minimum Gasteiger partial charge on any atom is -0.445 e. The van der Waals surface area contributed by atoms with Crippen molar-refractivity contribution >= 4 is 6.09 Å². The second-order valence-corrected chi connectivity index (χ2v) is 5.31. The van der Waals surface area contributed by atoms with Gasteiger partial charge >= 0.3 is 6.09 Å². The molecule has 1 aromatic carbocycles. The zero-order valence-corrected chi connectivity index (χ0v) is 12.7. The second kappa shape index (κ2) is 10.3. The minimum atomic E-state index is -0.324. The molecule has 0 aliphatic carbocycles. The molecular formula is C17H27NO2. The van der Waals surface area contributed by atoms with E-state index in [1.165, 1.54) is 32.1 Å². The highest BCUT2D eigenvalue weighted by molar-refractivity contribution is 5.67. The molecule has 3 nitrogen and oxygen atoms in total. The van der Waals surface area contributed by atoms with E-state index < -0.39 is 0 Å². The number of alkyl carbamates (subject to hydrolysis) is 1. The summed E-state index contributed by atoms with van der Waals surface area (Å²) in [4.78, 5) is 11.6. The maximum Gasteiger partial charge on any atom is 0.407 e. The van der Waals surface area contributed by atoms with Gasteiger partial charge in [0.2, 0.25) is 0 Å². The largest absolute Gasteiger partial charge is 0.445 e. The van der Waals surface area contributed by atoms with Crippen LogP contribution in [0.1, 0.15) is 57.9 Å². The summed E-state index contributed by atoms with van der Waals surface area (Å²) in [5, 5.41) is 2.88. The third-order valence-corrected chi connectivity index (χ3v) is 3.32. The number of unbranched alkanes of at least 4 members (excludes halogenated alkanes) is 4. The normalized spacial score (nSPS) is 11.9. The van der Waals surface area contributed by atoms with E-state index in [9.17, 15) is 4.79 Å². The highest BCUT2D eigenvalue weighted by Crippen LogP contribution is 2.07. The van der Waals surface area contributed by atoms with Crippen molar-refractivity contribution < 1.29 is 9.53 Å². The van der Waals surface area contributed by atoms with Gasteiger partial charge in [-0.3, -0.25) is 0 Å². The summed E-state index contributed by atoms with van der Waals surface area (Å²) in [6, 6.07) is 9.91. The van der Waals surface area contributed by atoms with E-state index in [1.807, 2.05) is 37.3 Å². The van der Waals surface area contributed by atoms with Gasteiger partial charge in [0.1, 0.15) is 6.61 Å². The molecule has 0 aromatic heterocycles. The number of carbonyl (C=O) groups excluding carboxylic acids is 1. The Morgan fingerprint density at radius 2 is 1.85 bits per heavy atom. The van der Waals surface area contributed by atoms with Crippen LogP contribution in [0.2, 0.25) is 0 Å². The van der Waals surface area contributed by atoms with E-state index in [0.717, 1.165) is 12.0 Å². The number of rotatable bonds is 9. The Morgan fingerprint density at radius 1 is 1.15 bits per heavy atom. The number of carbonyl (C=O) groups is 1. The first-order valence-electron chi connectivity index (χ1n) is 7.69. The van der Waals surface area contributed by atoms with E-state index in [1.54, 1.807) is 0 Å². The number of hydrogen-bond donors (Lipinski definition) is 1. The van der Waals surface area contributed by atoms with Gasteiger partial charge in [0.25, 0.3) is 0 Å². The minimum absolute atomic E-state index is 0.180. The van der Waals surface area contributed by atoms with Crippen LogP contribution in [0.15, 0.2) is 30.3 Å². The van der Waals surface area contributed by atoms with Crippen molar-refractivity contribution in [3.8, 4) is 0 Å². The smallest absolute Gasteiger partial charge is 0.407 e. The van der Waals surface area contributed by atoms with Gasteiger partial charge < -0.3 is 10.1 Å². The quantitative estimate of drug-likeness (QED) is 0.666. The highest BCUT2D eigenvalue weighted by atomic mass is 16.5. The fourth-order valence-electron chi connectivity index (χ4n) is 2.09. The number of hydrogen-bond acceptors (Lipinski definition) is 2. The molecule has 0 bridgehead atoms.